The van der Waals surface area contributed by atoms with E-state index in [2.05, 4.69) is 43.5 Å². The normalized spacial score (nSPS) is 18.9. The highest BCUT2D eigenvalue weighted by Crippen LogP contribution is 2.43. The quantitative estimate of drug-likeness (QED) is 0.349. The van der Waals surface area contributed by atoms with Crippen molar-refractivity contribution in [3.05, 3.63) is 72.4 Å². The Morgan fingerprint density at radius 3 is 2.41 bits per heavy atom. The lowest BCUT2D eigenvalue weighted by atomic mass is 9.92. The Kier molecular flexibility index (Phi) is 5.03. The third-order valence-corrected chi connectivity index (χ3v) is 6.35. The Morgan fingerprint density at radius 1 is 1.15 bits per heavy atom. The van der Waals surface area contributed by atoms with Crippen LogP contribution in [0.3, 0.4) is 0 Å². The number of halogens is 4. The minimum atomic E-state index is -0.801. The van der Waals surface area contributed by atoms with Crippen molar-refractivity contribution < 1.29 is 4.79 Å². The summed E-state index contributed by atoms with van der Waals surface area (Å²) in [6, 6.07) is 13.1. The molecule has 0 saturated heterocycles. The van der Waals surface area contributed by atoms with Gasteiger partial charge in [-0.3, -0.25) is 9.36 Å². The van der Waals surface area contributed by atoms with Gasteiger partial charge in [0.1, 0.15) is 9.24 Å². The van der Waals surface area contributed by atoms with Crippen LogP contribution in [0.2, 0.25) is 10.0 Å². The van der Waals surface area contributed by atoms with Gasteiger partial charge >= 0.3 is 0 Å². The molecule has 4 nitrogen and oxygen atoms in total. The van der Waals surface area contributed by atoms with Crippen LogP contribution in [0.15, 0.2) is 53.1 Å². The number of imidazole rings is 1. The molecule has 0 saturated carbocycles. The van der Waals surface area contributed by atoms with E-state index in [1.807, 2.05) is 35.8 Å². The lowest BCUT2D eigenvalue weighted by Crippen LogP contribution is -2.41. The number of rotatable bonds is 3. The molecule has 0 bridgehead atoms. The maximum atomic E-state index is 13.6. The molecule has 0 spiro atoms. The topological polar surface area (TPSA) is 38.1 Å². The Labute approximate surface area is 188 Å². The lowest BCUT2D eigenvalue weighted by Gasteiger charge is -2.26. The number of hydrogen-bond donors (Lipinski definition) is 0. The molecule has 3 aromatic rings. The predicted molar refractivity (Wildman–Crippen MR) is 120 cm³/mol. The zero-order chi connectivity index (χ0) is 19.3. The van der Waals surface area contributed by atoms with Crippen LogP contribution in [0, 0.1) is 3.70 Å². The van der Waals surface area contributed by atoms with Crippen LogP contribution in [0.4, 0.5) is 11.6 Å². The van der Waals surface area contributed by atoms with Crippen molar-refractivity contribution in [2.24, 2.45) is 0 Å². The van der Waals surface area contributed by atoms with Crippen molar-refractivity contribution in [1.29, 1.82) is 0 Å². The summed E-state index contributed by atoms with van der Waals surface area (Å²) < 4.78 is 3.88. The summed E-state index contributed by atoms with van der Waals surface area (Å²) in [6.45, 7) is 1.94. The predicted octanol–water partition coefficient (Wildman–Crippen LogP) is 6.19. The van der Waals surface area contributed by atoms with Gasteiger partial charge in [0.25, 0.3) is 5.91 Å². The van der Waals surface area contributed by atoms with Crippen molar-refractivity contribution in [2.75, 3.05) is 4.90 Å². The smallest absolute Gasteiger partial charge is 0.260 e. The highest BCUT2D eigenvalue weighted by Gasteiger charge is 2.50. The zero-order valence-corrected chi connectivity index (χ0v) is 19.3. The number of benzene rings is 2. The Balaban J connectivity index is 1.83. The number of hydrogen-bond acceptors (Lipinski definition) is 2. The monoisotopic (exact) mass is 575 g/mol. The maximum Gasteiger partial charge on any atom is 0.260 e. The molecule has 27 heavy (non-hydrogen) atoms. The van der Waals surface area contributed by atoms with Crippen LogP contribution in [-0.2, 0) is 16.8 Å². The fourth-order valence-electron chi connectivity index (χ4n) is 3.42. The number of nitrogens with zero attached hydrogens (tertiary/aromatic N) is 3. The highest BCUT2D eigenvalue weighted by molar-refractivity contribution is 14.1. The van der Waals surface area contributed by atoms with Crippen LogP contribution >= 0.6 is 61.7 Å². The second-order valence-corrected chi connectivity index (χ2v) is 9.46. The molecular formula is C19H13BrCl2IN3O. The fourth-order valence-corrected chi connectivity index (χ4v) is 5.09. The maximum absolute atomic E-state index is 13.6. The van der Waals surface area contributed by atoms with Gasteiger partial charge < -0.3 is 0 Å². The first-order valence-electron chi connectivity index (χ1n) is 8.08. The van der Waals surface area contributed by atoms with E-state index in [9.17, 15) is 4.79 Å². The fraction of sp³-hybridized carbons (Fsp3) is 0.158. The van der Waals surface area contributed by atoms with Gasteiger partial charge in [-0.25, -0.2) is 9.88 Å². The molecule has 1 aliphatic rings. The first-order chi connectivity index (χ1) is 12.8. The summed E-state index contributed by atoms with van der Waals surface area (Å²) in [5.74, 6) is 0.507. The molecule has 1 atom stereocenters. The molecule has 138 valence electrons. The van der Waals surface area contributed by atoms with Crippen LogP contribution in [0.5, 0.6) is 0 Å². The van der Waals surface area contributed by atoms with E-state index in [-0.39, 0.29) is 5.91 Å². The standard InChI is InChI=1S/C19H13BrCl2IN3O/c1-19(9-11-2-4-12(20)5-3-11)17(27)25(18-24-10-16(23)26(18)19)15-7-13(21)6-14(22)8-15/h2-8,10H,9H2,1H3/t19-/m1/s1. The number of aromatic nitrogens is 2. The molecule has 2 aromatic carbocycles. The third kappa shape index (κ3) is 3.30. The summed E-state index contributed by atoms with van der Waals surface area (Å²) in [7, 11) is 0. The third-order valence-electron chi connectivity index (χ3n) is 4.62. The minimum Gasteiger partial charge on any atom is -0.289 e. The van der Waals surface area contributed by atoms with Crippen molar-refractivity contribution in [1.82, 2.24) is 9.55 Å². The van der Waals surface area contributed by atoms with E-state index in [1.165, 1.54) is 0 Å². The molecule has 0 aliphatic carbocycles. The van der Waals surface area contributed by atoms with Gasteiger partial charge in [0, 0.05) is 20.9 Å². The Bertz CT molecular complexity index is 1030. The summed E-state index contributed by atoms with van der Waals surface area (Å²) in [5, 5.41) is 0.944. The van der Waals surface area contributed by atoms with Crippen molar-refractivity contribution in [3.63, 3.8) is 0 Å². The Hall–Kier alpha value is -1.09. The number of fused-ring (bicyclic) bond motifs is 1. The van der Waals surface area contributed by atoms with Crippen molar-refractivity contribution in [2.45, 2.75) is 18.9 Å². The molecule has 1 amide bonds. The molecule has 0 radical (unpaired) electrons. The average Bonchev–Trinajstić information content (AvgIpc) is 3.07. The Morgan fingerprint density at radius 2 is 1.78 bits per heavy atom. The molecular weight excluding hydrogens is 564 g/mol. The van der Waals surface area contributed by atoms with Gasteiger partial charge in [-0.1, -0.05) is 51.3 Å². The number of carbonyl (C=O) groups is 1. The summed E-state index contributed by atoms with van der Waals surface area (Å²) in [5.41, 5.74) is 0.876. The summed E-state index contributed by atoms with van der Waals surface area (Å²) >= 11 is 18.0. The lowest BCUT2D eigenvalue weighted by molar-refractivity contribution is -0.124. The van der Waals surface area contributed by atoms with Gasteiger partial charge in [-0.15, -0.1) is 0 Å². The molecule has 1 aliphatic heterocycles. The van der Waals surface area contributed by atoms with E-state index >= 15 is 0 Å². The molecule has 8 heteroatoms. The van der Waals surface area contributed by atoms with Gasteiger partial charge in [0.2, 0.25) is 5.95 Å². The van der Waals surface area contributed by atoms with Crippen molar-refractivity contribution in [3.8, 4) is 0 Å². The second-order valence-electron chi connectivity index (χ2n) is 6.56. The SMILES string of the molecule is C[C@@]1(Cc2ccc(Br)cc2)C(=O)N(c2cc(Cl)cc(Cl)c2)c2ncc(I)n21. The largest absolute Gasteiger partial charge is 0.289 e. The zero-order valence-electron chi connectivity index (χ0n) is 14.1. The van der Waals surface area contributed by atoms with Crippen LogP contribution in [0.1, 0.15) is 12.5 Å². The second kappa shape index (κ2) is 7.06. The molecule has 2 heterocycles. The molecule has 0 N–H and O–H groups in total. The first kappa shape index (κ1) is 19.2. The minimum absolute atomic E-state index is 0.0650. The molecule has 4 rings (SSSR count). The van der Waals surface area contributed by atoms with Gasteiger partial charge in [-0.05, 0) is 65.4 Å². The summed E-state index contributed by atoms with van der Waals surface area (Å²) in [4.78, 5) is 19.6. The van der Waals surface area contributed by atoms with E-state index < -0.39 is 5.54 Å². The van der Waals surface area contributed by atoms with Crippen LogP contribution in [0.25, 0.3) is 0 Å². The average molecular weight is 577 g/mol. The van der Waals surface area contributed by atoms with Gasteiger partial charge in [-0.2, -0.15) is 0 Å². The number of anilines is 2. The number of carbonyl (C=O) groups excluding carboxylic acids is 1. The van der Waals surface area contributed by atoms with E-state index in [0.29, 0.717) is 28.1 Å². The summed E-state index contributed by atoms with van der Waals surface area (Å²) in [6.07, 6.45) is 2.31. The first-order valence-corrected chi connectivity index (χ1v) is 10.7. The molecule has 1 aromatic heterocycles. The highest BCUT2D eigenvalue weighted by atomic mass is 127. The van der Waals surface area contributed by atoms with E-state index in [4.69, 9.17) is 23.2 Å². The molecule has 0 unspecified atom stereocenters. The molecule has 0 fully saturated rings. The van der Waals surface area contributed by atoms with Crippen LogP contribution < -0.4 is 4.90 Å². The van der Waals surface area contributed by atoms with Crippen LogP contribution in [-0.4, -0.2) is 15.5 Å². The van der Waals surface area contributed by atoms with Gasteiger partial charge in [0.05, 0.1) is 11.9 Å². The van der Waals surface area contributed by atoms with Crippen molar-refractivity contribution >= 4 is 79.3 Å². The van der Waals surface area contributed by atoms with E-state index in [0.717, 1.165) is 13.7 Å². The van der Waals surface area contributed by atoms with E-state index in [1.54, 1.807) is 29.3 Å². The van der Waals surface area contributed by atoms with Gasteiger partial charge in [0.15, 0.2) is 0 Å². The number of amides is 1.